The minimum atomic E-state index is -3.38. The molecule has 0 spiro atoms. The maximum absolute atomic E-state index is 12.5. The topological polar surface area (TPSA) is 46.4 Å². The van der Waals surface area contributed by atoms with Crippen molar-refractivity contribution in [2.24, 2.45) is 0 Å². The van der Waals surface area contributed by atoms with Crippen molar-refractivity contribution >= 4 is 10.0 Å². The maximum Gasteiger partial charge on any atom is 0.243 e. The van der Waals surface area contributed by atoms with Crippen molar-refractivity contribution in [2.45, 2.75) is 17.4 Å². The van der Waals surface area contributed by atoms with Gasteiger partial charge in [-0.15, -0.1) is 0 Å². The lowest BCUT2D eigenvalue weighted by Crippen LogP contribution is -2.15. The Morgan fingerprint density at radius 1 is 1.10 bits per heavy atom. The normalized spacial score (nSPS) is 21.0. The molecular weight excluding hydrogens is 286 g/mol. The van der Waals surface area contributed by atoms with Gasteiger partial charge in [0.15, 0.2) is 0 Å². The monoisotopic (exact) mass is 303 g/mol. The molecule has 1 fully saturated rings. The molecule has 21 heavy (non-hydrogen) atoms. The van der Waals surface area contributed by atoms with Crippen LogP contribution in [0, 0.1) is 0 Å². The van der Waals surface area contributed by atoms with Crippen molar-refractivity contribution < 1.29 is 13.2 Å². The lowest BCUT2D eigenvalue weighted by Gasteiger charge is -2.07. The van der Waals surface area contributed by atoms with E-state index in [1.165, 1.54) is 0 Å². The van der Waals surface area contributed by atoms with Crippen LogP contribution in [0.2, 0.25) is 0 Å². The van der Waals surface area contributed by atoms with E-state index < -0.39 is 10.0 Å². The van der Waals surface area contributed by atoms with Gasteiger partial charge in [-0.05, 0) is 36.2 Å². The van der Waals surface area contributed by atoms with Crippen LogP contribution in [0.3, 0.4) is 0 Å². The third kappa shape index (κ3) is 2.94. The second kappa shape index (κ2) is 5.50. The van der Waals surface area contributed by atoms with Gasteiger partial charge in [0.05, 0.1) is 12.0 Å². The highest BCUT2D eigenvalue weighted by atomic mass is 32.2. The van der Waals surface area contributed by atoms with E-state index in [0.29, 0.717) is 17.2 Å². The molecule has 2 aromatic carbocycles. The summed E-state index contributed by atoms with van der Waals surface area (Å²) in [5.74, 6) is 0.653. The highest BCUT2D eigenvalue weighted by Crippen LogP contribution is 2.31. The first-order valence-electron chi connectivity index (χ1n) is 6.81. The summed E-state index contributed by atoms with van der Waals surface area (Å²) in [6, 6.07) is 16.5. The molecule has 4 nitrogen and oxygen atoms in total. The predicted octanol–water partition coefficient (Wildman–Crippen LogP) is 2.31. The minimum absolute atomic E-state index is 0.0690. The van der Waals surface area contributed by atoms with Crippen molar-refractivity contribution in [2.75, 3.05) is 13.7 Å². The number of methoxy groups -OCH3 is 1. The second-order valence-electron chi connectivity index (χ2n) is 5.09. The predicted molar refractivity (Wildman–Crippen MR) is 80.8 cm³/mol. The second-order valence-corrected chi connectivity index (χ2v) is 6.98. The minimum Gasteiger partial charge on any atom is -0.497 e. The lowest BCUT2D eigenvalue weighted by molar-refractivity contribution is 0.414. The fraction of sp³-hybridized carbons (Fsp3) is 0.250. The van der Waals surface area contributed by atoms with Crippen molar-refractivity contribution in [1.82, 2.24) is 4.31 Å². The molecule has 110 valence electrons. The fourth-order valence-electron chi connectivity index (χ4n) is 2.39. The van der Waals surface area contributed by atoms with Crippen LogP contribution in [-0.2, 0) is 16.4 Å². The van der Waals surface area contributed by atoms with Gasteiger partial charge in [0, 0.05) is 12.6 Å². The first kappa shape index (κ1) is 14.1. The van der Waals surface area contributed by atoms with Crippen LogP contribution < -0.4 is 4.74 Å². The average Bonchev–Trinajstić information content (AvgIpc) is 3.28. The van der Waals surface area contributed by atoms with Crippen LogP contribution in [-0.4, -0.2) is 32.4 Å². The van der Waals surface area contributed by atoms with Gasteiger partial charge < -0.3 is 4.74 Å². The molecule has 2 atom stereocenters. The molecule has 0 N–H and O–H groups in total. The van der Waals surface area contributed by atoms with Crippen LogP contribution in [0.5, 0.6) is 5.75 Å². The Bertz CT molecular complexity index is 711. The van der Waals surface area contributed by atoms with E-state index in [-0.39, 0.29) is 6.04 Å². The average molecular weight is 303 g/mol. The zero-order valence-corrected chi connectivity index (χ0v) is 12.6. The Balaban J connectivity index is 1.72. The van der Waals surface area contributed by atoms with E-state index in [1.807, 2.05) is 30.3 Å². The van der Waals surface area contributed by atoms with Gasteiger partial charge in [0.25, 0.3) is 0 Å². The highest BCUT2D eigenvalue weighted by molar-refractivity contribution is 7.89. The molecule has 5 heteroatoms. The van der Waals surface area contributed by atoms with Gasteiger partial charge in [-0.25, -0.2) is 8.42 Å². The number of ether oxygens (including phenoxy) is 1. The summed E-state index contributed by atoms with van der Waals surface area (Å²) in [5, 5.41) is 0. The van der Waals surface area contributed by atoms with Crippen LogP contribution in [0.4, 0.5) is 0 Å². The van der Waals surface area contributed by atoms with Gasteiger partial charge >= 0.3 is 0 Å². The Morgan fingerprint density at radius 2 is 1.76 bits per heavy atom. The van der Waals surface area contributed by atoms with Crippen LogP contribution in [0.25, 0.3) is 0 Å². The van der Waals surface area contributed by atoms with E-state index in [9.17, 15) is 8.42 Å². The largest absolute Gasteiger partial charge is 0.497 e. The zero-order valence-electron chi connectivity index (χ0n) is 11.8. The molecule has 1 aliphatic heterocycles. The zero-order chi connectivity index (χ0) is 14.9. The number of hydrogen-bond acceptors (Lipinski definition) is 3. The number of rotatable bonds is 5. The Hall–Kier alpha value is -1.85. The molecule has 1 heterocycles. The quantitative estimate of drug-likeness (QED) is 0.796. The highest BCUT2D eigenvalue weighted by Gasteiger charge is 2.44. The summed E-state index contributed by atoms with van der Waals surface area (Å²) < 4.78 is 31.6. The molecule has 3 rings (SSSR count). The summed E-state index contributed by atoms with van der Waals surface area (Å²) in [7, 11) is -1.82. The first-order valence-corrected chi connectivity index (χ1v) is 8.25. The number of sulfonamides is 1. The van der Waals surface area contributed by atoms with E-state index in [0.717, 1.165) is 12.0 Å². The summed E-state index contributed by atoms with van der Waals surface area (Å²) >= 11 is 0. The van der Waals surface area contributed by atoms with Crippen LogP contribution in [0.15, 0.2) is 59.5 Å². The molecule has 1 unspecified atom stereocenters. The SMILES string of the molecule is COc1ccc(S(=O)(=O)N2C[C@H]2Cc2ccccc2)cc1. The number of benzene rings is 2. The van der Waals surface area contributed by atoms with E-state index >= 15 is 0 Å². The van der Waals surface area contributed by atoms with Crippen molar-refractivity contribution in [3.05, 3.63) is 60.2 Å². The molecule has 0 bridgehead atoms. The van der Waals surface area contributed by atoms with Crippen molar-refractivity contribution in [1.29, 1.82) is 0 Å². The summed E-state index contributed by atoms with van der Waals surface area (Å²) in [6.07, 6.45) is 0.760. The standard InChI is InChI=1S/C16H17NO3S/c1-20-15-7-9-16(10-8-15)21(18,19)17-12-14(17)11-13-5-3-2-4-6-13/h2-10,14H,11-12H2,1H3/t14-,17?/m1/s1. The molecule has 0 radical (unpaired) electrons. The van der Waals surface area contributed by atoms with Crippen LogP contribution >= 0.6 is 0 Å². The van der Waals surface area contributed by atoms with Gasteiger partial charge in [-0.3, -0.25) is 0 Å². The molecule has 2 aromatic rings. The van der Waals surface area contributed by atoms with E-state index in [1.54, 1.807) is 35.7 Å². The number of hydrogen-bond donors (Lipinski definition) is 0. The summed E-state index contributed by atoms with van der Waals surface area (Å²) in [6.45, 7) is 0.587. The molecule has 0 amide bonds. The molecule has 0 aliphatic carbocycles. The molecule has 1 aliphatic rings. The Labute approximate surface area is 125 Å². The maximum atomic E-state index is 12.5. The molecule has 0 aromatic heterocycles. The smallest absolute Gasteiger partial charge is 0.243 e. The van der Waals surface area contributed by atoms with Crippen molar-refractivity contribution in [3.8, 4) is 5.75 Å². The van der Waals surface area contributed by atoms with E-state index in [4.69, 9.17) is 4.74 Å². The van der Waals surface area contributed by atoms with Crippen molar-refractivity contribution in [3.63, 3.8) is 0 Å². The third-order valence-corrected chi connectivity index (χ3v) is 5.58. The Morgan fingerprint density at radius 3 is 2.38 bits per heavy atom. The number of nitrogens with zero attached hydrogens (tertiary/aromatic N) is 1. The molecule has 1 saturated heterocycles. The lowest BCUT2D eigenvalue weighted by atomic mass is 10.1. The van der Waals surface area contributed by atoms with Crippen LogP contribution in [0.1, 0.15) is 5.56 Å². The Kier molecular flexibility index (Phi) is 3.69. The van der Waals surface area contributed by atoms with Gasteiger partial charge in [-0.2, -0.15) is 4.31 Å². The summed E-state index contributed by atoms with van der Waals surface area (Å²) in [4.78, 5) is 0.318. The summed E-state index contributed by atoms with van der Waals surface area (Å²) in [5.41, 5.74) is 1.16. The molecular formula is C16H17NO3S. The molecule has 0 saturated carbocycles. The fourth-order valence-corrected chi connectivity index (χ4v) is 3.98. The van der Waals surface area contributed by atoms with E-state index in [2.05, 4.69) is 0 Å². The van der Waals surface area contributed by atoms with Gasteiger partial charge in [-0.1, -0.05) is 30.3 Å². The van der Waals surface area contributed by atoms with Gasteiger partial charge in [0.1, 0.15) is 5.75 Å². The first-order chi connectivity index (χ1) is 10.1. The third-order valence-electron chi connectivity index (χ3n) is 3.64. The van der Waals surface area contributed by atoms with Gasteiger partial charge in [0.2, 0.25) is 10.0 Å².